The van der Waals surface area contributed by atoms with Crippen molar-refractivity contribution in [1.29, 1.82) is 0 Å². The van der Waals surface area contributed by atoms with Gasteiger partial charge < -0.3 is 20.5 Å². The average molecular weight is 651 g/mol. The van der Waals surface area contributed by atoms with Crippen LogP contribution in [0.15, 0.2) is 85.2 Å². The number of hydrogen-bond acceptors (Lipinski definition) is 6. The number of aromatic nitrogens is 2. The zero-order chi connectivity index (χ0) is 34.3. The number of aliphatic carboxylic acids is 1. The number of carboxylic acids is 1. The summed E-state index contributed by atoms with van der Waals surface area (Å²) in [5, 5.41) is 14.4. The van der Waals surface area contributed by atoms with E-state index in [0.717, 1.165) is 46.6 Å². The van der Waals surface area contributed by atoms with Crippen molar-refractivity contribution in [3.05, 3.63) is 102 Å². The zero-order valence-corrected chi connectivity index (χ0v) is 28.1. The van der Waals surface area contributed by atoms with Gasteiger partial charge in [0, 0.05) is 42.0 Å². The van der Waals surface area contributed by atoms with Crippen molar-refractivity contribution in [3.8, 4) is 28.3 Å². The van der Waals surface area contributed by atoms with Crippen LogP contribution in [0.2, 0.25) is 0 Å². The first-order valence-electron chi connectivity index (χ1n) is 16.8. The number of carboxylic acid groups (broad SMARTS) is 1. The maximum Gasteiger partial charge on any atom is 0.305 e. The third kappa shape index (κ3) is 11.0. The molecule has 0 aliphatic carbocycles. The lowest BCUT2D eigenvalue weighted by molar-refractivity contribution is -0.137. The van der Waals surface area contributed by atoms with E-state index in [9.17, 15) is 14.4 Å². The van der Waals surface area contributed by atoms with Gasteiger partial charge in [0.1, 0.15) is 11.8 Å². The topological polar surface area (TPSA) is 131 Å². The molecule has 9 nitrogen and oxygen atoms in total. The summed E-state index contributed by atoms with van der Waals surface area (Å²) < 4.78 is 5.88. The Hall–Kier alpha value is -5.05. The predicted octanol–water partition coefficient (Wildman–Crippen LogP) is 7.22. The Morgan fingerprint density at radius 3 is 2.06 bits per heavy atom. The maximum absolute atomic E-state index is 13.1. The Kier molecular flexibility index (Phi) is 13.7. The van der Waals surface area contributed by atoms with E-state index in [0.29, 0.717) is 17.3 Å². The highest BCUT2D eigenvalue weighted by atomic mass is 16.5. The van der Waals surface area contributed by atoms with Crippen LogP contribution in [0.1, 0.15) is 86.7 Å². The lowest BCUT2D eigenvalue weighted by Crippen LogP contribution is -2.48. The number of carbonyl (C=O) groups is 3. The second-order valence-electron chi connectivity index (χ2n) is 12.2. The first-order chi connectivity index (χ1) is 23.2. The van der Waals surface area contributed by atoms with Crippen LogP contribution in [-0.2, 0) is 16.0 Å². The molecule has 1 aromatic heterocycles. The van der Waals surface area contributed by atoms with E-state index in [1.807, 2.05) is 60.7 Å². The van der Waals surface area contributed by atoms with Crippen LogP contribution in [0.4, 0.5) is 0 Å². The molecule has 0 radical (unpaired) electrons. The van der Waals surface area contributed by atoms with Crippen LogP contribution >= 0.6 is 0 Å². The highest BCUT2D eigenvalue weighted by Crippen LogP contribution is 2.24. The standard InChI is InChI=1S/C39H46N4O5/c1-4-5-6-7-8-23-48-34-19-17-30(18-20-34)33-25-41-37(42-26-33)31-11-9-28(10-12-31)24-35(39(47)40-22-21-36(44)45)43-38(46)32-15-13-29(14-16-32)27(2)3/h9-20,25-27,35H,4-8,21-24H2,1-3H3,(H,40,47)(H,43,46)(H,44,45)/t35-/m0/s1. The Morgan fingerprint density at radius 1 is 0.792 bits per heavy atom. The van der Waals surface area contributed by atoms with E-state index in [4.69, 9.17) is 9.84 Å². The van der Waals surface area contributed by atoms with Gasteiger partial charge in [0.05, 0.1) is 13.0 Å². The molecule has 0 aliphatic heterocycles. The molecule has 0 spiro atoms. The molecular weight excluding hydrogens is 604 g/mol. The van der Waals surface area contributed by atoms with Crippen molar-refractivity contribution in [2.75, 3.05) is 13.2 Å². The van der Waals surface area contributed by atoms with Gasteiger partial charge in [0.15, 0.2) is 5.82 Å². The largest absolute Gasteiger partial charge is 0.494 e. The summed E-state index contributed by atoms with van der Waals surface area (Å²) in [5.74, 6) is -0.102. The van der Waals surface area contributed by atoms with Gasteiger partial charge in [0.2, 0.25) is 5.91 Å². The summed E-state index contributed by atoms with van der Waals surface area (Å²) in [7, 11) is 0. The number of nitrogens with one attached hydrogen (secondary N) is 2. The number of rotatable bonds is 18. The fraction of sp³-hybridized carbons (Fsp3) is 0.359. The van der Waals surface area contributed by atoms with Gasteiger partial charge in [0.25, 0.3) is 5.91 Å². The molecule has 0 bridgehead atoms. The van der Waals surface area contributed by atoms with Crippen molar-refractivity contribution in [2.45, 2.75) is 77.7 Å². The molecule has 3 aromatic carbocycles. The SMILES string of the molecule is CCCCCCCOc1ccc(-c2cnc(-c3ccc(C[C@H](NC(=O)c4ccc(C(C)C)cc4)C(=O)NCCC(=O)O)cc3)nc2)cc1. The van der Waals surface area contributed by atoms with Gasteiger partial charge in [-0.1, -0.05) is 95.0 Å². The number of hydrogen-bond donors (Lipinski definition) is 3. The third-order valence-corrected chi connectivity index (χ3v) is 8.11. The first kappa shape index (κ1) is 35.8. The first-order valence-corrected chi connectivity index (χ1v) is 16.8. The van der Waals surface area contributed by atoms with Gasteiger partial charge in [-0.05, 0) is 53.3 Å². The number of unbranched alkanes of at least 4 members (excludes halogenated alkanes) is 4. The molecule has 4 rings (SSSR count). The molecule has 0 aliphatic rings. The Bertz CT molecular complexity index is 1600. The summed E-state index contributed by atoms with van der Waals surface area (Å²) in [6.07, 6.45) is 9.60. The number of benzene rings is 3. The van der Waals surface area contributed by atoms with E-state index in [1.165, 1.54) is 25.7 Å². The van der Waals surface area contributed by atoms with E-state index in [2.05, 4.69) is 41.4 Å². The summed E-state index contributed by atoms with van der Waals surface area (Å²) in [6.45, 7) is 7.05. The van der Waals surface area contributed by atoms with Crippen LogP contribution in [0.3, 0.4) is 0 Å². The van der Waals surface area contributed by atoms with Crippen molar-refractivity contribution in [1.82, 2.24) is 20.6 Å². The van der Waals surface area contributed by atoms with Gasteiger partial charge in [-0.15, -0.1) is 0 Å². The monoisotopic (exact) mass is 650 g/mol. The summed E-state index contributed by atoms with van der Waals surface area (Å²) in [4.78, 5) is 46.2. The van der Waals surface area contributed by atoms with Gasteiger partial charge >= 0.3 is 5.97 Å². The predicted molar refractivity (Wildman–Crippen MR) is 188 cm³/mol. The highest BCUT2D eigenvalue weighted by Gasteiger charge is 2.22. The maximum atomic E-state index is 13.1. The number of amides is 2. The highest BCUT2D eigenvalue weighted by molar-refractivity contribution is 5.97. The normalized spacial score (nSPS) is 11.6. The second-order valence-corrected chi connectivity index (χ2v) is 12.2. The van der Waals surface area contributed by atoms with Crippen LogP contribution in [0.5, 0.6) is 5.75 Å². The van der Waals surface area contributed by atoms with Crippen LogP contribution in [0, 0.1) is 0 Å². The average Bonchev–Trinajstić information content (AvgIpc) is 3.10. The van der Waals surface area contributed by atoms with Crippen LogP contribution in [-0.4, -0.2) is 52.1 Å². The molecule has 0 saturated carbocycles. The van der Waals surface area contributed by atoms with Gasteiger partial charge in [-0.25, -0.2) is 9.97 Å². The lowest BCUT2D eigenvalue weighted by atomic mass is 10.0. The van der Waals surface area contributed by atoms with E-state index >= 15 is 0 Å². The van der Waals surface area contributed by atoms with Crippen LogP contribution < -0.4 is 15.4 Å². The number of carbonyl (C=O) groups excluding carboxylic acids is 2. The fourth-order valence-corrected chi connectivity index (χ4v) is 5.18. The van der Waals surface area contributed by atoms with E-state index < -0.39 is 17.9 Å². The molecule has 9 heteroatoms. The molecule has 0 fully saturated rings. The Balaban J connectivity index is 1.38. The Morgan fingerprint density at radius 2 is 1.44 bits per heavy atom. The lowest BCUT2D eigenvalue weighted by Gasteiger charge is -2.19. The molecule has 2 amide bonds. The van der Waals surface area contributed by atoms with E-state index in [-0.39, 0.29) is 25.3 Å². The third-order valence-electron chi connectivity index (χ3n) is 8.11. The minimum absolute atomic E-state index is 0.0347. The molecule has 252 valence electrons. The van der Waals surface area contributed by atoms with Crippen molar-refractivity contribution in [2.24, 2.45) is 0 Å². The smallest absolute Gasteiger partial charge is 0.305 e. The minimum Gasteiger partial charge on any atom is -0.494 e. The Labute approximate surface area is 283 Å². The fourth-order valence-electron chi connectivity index (χ4n) is 5.18. The molecule has 0 unspecified atom stereocenters. The minimum atomic E-state index is -1.02. The van der Waals surface area contributed by atoms with Gasteiger partial charge in [-0.3, -0.25) is 14.4 Å². The number of ether oxygens (including phenoxy) is 1. The quantitative estimate of drug-likeness (QED) is 0.0970. The van der Waals surface area contributed by atoms with Crippen LogP contribution in [0.25, 0.3) is 22.5 Å². The summed E-state index contributed by atoms with van der Waals surface area (Å²) in [5.41, 5.74) is 5.06. The summed E-state index contributed by atoms with van der Waals surface area (Å²) >= 11 is 0. The van der Waals surface area contributed by atoms with Crippen molar-refractivity contribution in [3.63, 3.8) is 0 Å². The van der Waals surface area contributed by atoms with Crippen molar-refractivity contribution >= 4 is 17.8 Å². The van der Waals surface area contributed by atoms with Gasteiger partial charge in [-0.2, -0.15) is 0 Å². The molecule has 48 heavy (non-hydrogen) atoms. The molecule has 3 N–H and O–H groups in total. The zero-order valence-electron chi connectivity index (χ0n) is 28.1. The molecule has 4 aromatic rings. The number of nitrogens with zero attached hydrogens (tertiary/aromatic N) is 2. The molecule has 1 atom stereocenters. The second kappa shape index (κ2) is 18.3. The molecule has 0 saturated heterocycles. The van der Waals surface area contributed by atoms with Crippen molar-refractivity contribution < 1.29 is 24.2 Å². The molecular formula is C39H46N4O5. The molecule has 1 heterocycles. The van der Waals surface area contributed by atoms with E-state index in [1.54, 1.807) is 24.5 Å². The summed E-state index contributed by atoms with van der Waals surface area (Å²) in [6, 6.07) is 21.8.